The van der Waals surface area contributed by atoms with E-state index < -0.39 is 41.4 Å². The van der Waals surface area contributed by atoms with Gasteiger partial charge in [0.25, 0.3) is 17.7 Å². The van der Waals surface area contributed by atoms with Crippen LogP contribution in [0.25, 0.3) is 0 Å². The molecule has 9 heteroatoms. The van der Waals surface area contributed by atoms with Gasteiger partial charge in [-0.3, -0.25) is 29.4 Å². The minimum absolute atomic E-state index is 0.163. The van der Waals surface area contributed by atoms with Gasteiger partial charge < -0.3 is 10.1 Å². The van der Waals surface area contributed by atoms with E-state index in [0.717, 1.165) is 4.90 Å². The first-order valence-electron chi connectivity index (χ1n) is 8.77. The molecule has 150 valence electrons. The van der Waals surface area contributed by atoms with Crippen molar-refractivity contribution >= 4 is 29.7 Å². The number of carbonyl (C=O) groups excluding carboxylic acids is 5. The van der Waals surface area contributed by atoms with Crippen LogP contribution in [0.3, 0.4) is 0 Å². The molecule has 2 rings (SSSR count). The van der Waals surface area contributed by atoms with Crippen LogP contribution in [0, 0.1) is 0 Å². The quantitative estimate of drug-likeness (QED) is 0.577. The van der Waals surface area contributed by atoms with E-state index >= 15 is 0 Å². The van der Waals surface area contributed by atoms with E-state index in [0.29, 0.717) is 11.1 Å². The van der Waals surface area contributed by atoms with Crippen molar-refractivity contribution in [2.45, 2.75) is 45.8 Å². The Kier molecular flexibility index (Phi) is 6.17. The van der Waals surface area contributed by atoms with Gasteiger partial charge in [-0.15, -0.1) is 0 Å². The molecular formula is C19H23N3O6. The molecular weight excluding hydrogens is 366 g/mol. The smallest absolute Gasteiger partial charge is 0.321 e. The van der Waals surface area contributed by atoms with Crippen molar-refractivity contribution in [3.63, 3.8) is 0 Å². The van der Waals surface area contributed by atoms with Gasteiger partial charge in [0, 0.05) is 12.1 Å². The first-order valence-corrected chi connectivity index (χ1v) is 8.77. The van der Waals surface area contributed by atoms with Crippen LogP contribution in [0.5, 0.6) is 0 Å². The summed E-state index contributed by atoms with van der Waals surface area (Å²) in [6, 6.07) is 5.69. The summed E-state index contributed by atoms with van der Waals surface area (Å²) in [4.78, 5) is 61.0. The van der Waals surface area contributed by atoms with E-state index in [1.54, 1.807) is 45.0 Å². The number of nitrogens with one attached hydrogen (secondary N) is 2. The van der Waals surface area contributed by atoms with Crippen LogP contribution in [-0.4, -0.2) is 52.8 Å². The molecule has 0 radical (unpaired) electrons. The van der Waals surface area contributed by atoms with Crippen LogP contribution in [0.4, 0.5) is 4.79 Å². The molecule has 9 nitrogen and oxygen atoms in total. The van der Waals surface area contributed by atoms with Gasteiger partial charge in [0.05, 0.1) is 17.5 Å². The number of fused-ring (bicyclic) bond motifs is 1. The number of rotatable bonds is 5. The van der Waals surface area contributed by atoms with E-state index in [1.807, 2.05) is 0 Å². The fraction of sp³-hybridized carbons (Fsp3) is 0.421. The number of hydrogen-bond acceptors (Lipinski definition) is 6. The molecule has 5 amide bonds. The van der Waals surface area contributed by atoms with Gasteiger partial charge in [0.15, 0.2) is 6.10 Å². The summed E-state index contributed by atoms with van der Waals surface area (Å²) < 4.78 is 4.97. The summed E-state index contributed by atoms with van der Waals surface area (Å²) in [6.07, 6.45) is -1.47. The van der Waals surface area contributed by atoms with Crippen molar-refractivity contribution in [3.8, 4) is 0 Å². The highest BCUT2D eigenvalue weighted by Crippen LogP contribution is 2.22. The molecule has 0 saturated heterocycles. The second kappa shape index (κ2) is 8.20. The molecule has 1 aliphatic rings. The average Bonchev–Trinajstić information content (AvgIpc) is 2.82. The van der Waals surface area contributed by atoms with Crippen LogP contribution >= 0.6 is 0 Å². The Morgan fingerprint density at radius 1 is 1.07 bits per heavy atom. The number of carbonyl (C=O) groups is 5. The number of hydrogen-bond donors (Lipinski definition) is 2. The number of ether oxygens (including phenoxy) is 1. The molecule has 0 bridgehead atoms. The summed E-state index contributed by atoms with van der Waals surface area (Å²) in [5.41, 5.74) is 0.0494. The molecule has 1 atom stereocenters. The second-order valence-corrected chi connectivity index (χ2v) is 7.38. The molecule has 28 heavy (non-hydrogen) atoms. The van der Waals surface area contributed by atoms with Crippen LogP contribution in [-0.2, 0) is 14.3 Å². The van der Waals surface area contributed by atoms with Gasteiger partial charge in [0.1, 0.15) is 0 Å². The van der Waals surface area contributed by atoms with Crippen molar-refractivity contribution in [2.75, 3.05) is 6.54 Å². The maximum Gasteiger partial charge on any atom is 0.321 e. The monoisotopic (exact) mass is 389 g/mol. The lowest BCUT2D eigenvalue weighted by molar-refractivity contribution is -0.154. The number of esters is 1. The Balaban J connectivity index is 1.83. The molecule has 0 saturated carbocycles. The zero-order valence-corrected chi connectivity index (χ0v) is 16.2. The predicted octanol–water partition coefficient (Wildman–Crippen LogP) is 1.23. The lowest BCUT2D eigenvalue weighted by Gasteiger charge is -2.21. The Labute approximate surface area is 162 Å². The van der Waals surface area contributed by atoms with Gasteiger partial charge in [-0.25, -0.2) is 4.79 Å². The lowest BCUT2D eigenvalue weighted by atomic mass is 10.1. The minimum Gasteiger partial charge on any atom is -0.452 e. The normalized spacial score (nSPS) is 14.4. The third-order valence-electron chi connectivity index (χ3n) is 3.82. The number of benzene rings is 1. The fourth-order valence-electron chi connectivity index (χ4n) is 2.54. The first-order chi connectivity index (χ1) is 13.0. The van der Waals surface area contributed by atoms with Crippen LogP contribution in [0.2, 0.25) is 0 Å². The van der Waals surface area contributed by atoms with E-state index in [2.05, 4.69) is 10.6 Å². The fourth-order valence-corrected chi connectivity index (χ4v) is 2.54. The number of urea groups is 1. The highest BCUT2D eigenvalue weighted by molar-refractivity contribution is 6.21. The Morgan fingerprint density at radius 2 is 1.61 bits per heavy atom. The predicted molar refractivity (Wildman–Crippen MR) is 98.4 cm³/mol. The first kappa shape index (κ1) is 21.1. The molecule has 0 aliphatic carbocycles. The Hall–Kier alpha value is -3.23. The minimum atomic E-state index is -1.21. The maximum atomic E-state index is 12.2. The topological polar surface area (TPSA) is 122 Å². The van der Waals surface area contributed by atoms with Gasteiger partial charge in [-0.05, 0) is 39.8 Å². The van der Waals surface area contributed by atoms with Gasteiger partial charge in [-0.2, -0.15) is 0 Å². The Morgan fingerprint density at radius 3 is 2.11 bits per heavy atom. The van der Waals surface area contributed by atoms with Gasteiger partial charge >= 0.3 is 12.0 Å². The number of imide groups is 2. The zero-order chi connectivity index (χ0) is 21.1. The van der Waals surface area contributed by atoms with Gasteiger partial charge in [0.2, 0.25) is 0 Å². The SMILES string of the molecule is C[C@H](OC(=O)CCN1C(=O)c2ccccc2C1=O)C(=O)NC(=O)NC(C)(C)C. The molecule has 0 spiro atoms. The van der Waals surface area contributed by atoms with E-state index in [9.17, 15) is 24.0 Å². The second-order valence-electron chi connectivity index (χ2n) is 7.38. The highest BCUT2D eigenvalue weighted by atomic mass is 16.5. The van der Waals surface area contributed by atoms with Crippen molar-refractivity contribution in [1.82, 2.24) is 15.5 Å². The number of amides is 5. The summed E-state index contributed by atoms with van der Waals surface area (Å²) in [7, 11) is 0. The molecule has 1 aromatic rings. The van der Waals surface area contributed by atoms with Crippen LogP contribution in [0.15, 0.2) is 24.3 Å². The molecule has 1 heterocycles. The van der Waals surface area contributed by atoms with Crippen molar-refractivity contribution < 1.29 is 28.7 Å². The van der Waals surface area contributed by atoms with Crippen molar-refractivity contribution in [1.29, 1.82) is 0 Å². The zero-order valence-electron chi connectivity index (χ0n) is 16.2. The summed E-state index contributed by atoms with van der Waals surface area (Å²) in [6.45, 7) is 6.41. The summed E-state index contributed by atoms with van der Waals surface area (Å²) >= 11 is 0. The van der Waals surface area contributed by atoms with Crippen molar-refractivity contribution in [3.05, 3.63) is 35.4 Å². The lowest BCUT2D eigenvalue weighted by Crippen LogP contribution is -2.50. The van der Waals surface area contributed by atoms with Gasteiger partial charge in [-0.1, -0.05) is 12.1 Å². The molecule has 0 fully saturated rings. The average molecular weight is 389 g/mol. The molecule has 0 unspecified atom stereocenters. The third kappa shape index (κ3) is 5.15. The van der Waals surface area contributed by atoms with Crippen LogP contribution < -0.4 is 10.6 Å². The third-order valence-corrected chi connectivity index (χ3v) is 3.82. The highest BCUT2D eigenvalue weighted by Gasteiger charge is 2.35. The van der Waals surface area contributed by atoms with E-state index in [1.165, 1.54) is 6.92 Å². The standard InChI is InChI=1S/C19H23N3O6/c1-11(15(24)20-18(27)21-19(2,3)4)28-14(23)9-10-22-16(25)12-7-5-6-8-13(12)17(22)26/h5-8,11H,9-10H2,1-4H3,(H2,20,21,24,27)/t11-/m0/s1. The van der Waals surface area contributed by atoms with E-state index in [4.69, 9.17) is 4.74 Å². The molecule has 1 aromatic carbocycles. The maximum absolute atomic E-state index is 12.2. The summed E-state index contributed by atoms with van der Waals surface area (Å²) in [5, 5.41) is 4.63. The molecule has 2 N–H and O–H groups in total. The van der Waals surface area contributed by atoms with Crippen LogP contribution in [0.1, 0.15) is 54.8 Å². The number of nitrogens with zero attached hydrogens (tertiary/aromatic N) is 1. The Bertz CT molecular complexity index is 792. The molecule has 0 aromatic heterocycles. The largest absolute Gasteiger partial charge is 0.452 e. The molecule has 1 aliphatic heterocycles. The van der Waals surface area contributed by atoms with Crippen molar-refractivity contribution in [2.24, 2.45) is 0 Å². The van der Waals surface area contributed by atoms with E-state index in [-0.39, 0.29) is 13.0 Å². The summed E-state index contributed by atoms with van der Waals surface area (Å²) in [5.74, 6) is -2.50.